The molecule has 0 aliphatic heterocycles. The highest BCUT2D eigenvalue weighted by Crippen LogP contribution is 2.01. The Bertz CT molecular complexity index is 141. The fraction of sp³-hybridized carbons (Fsp3) is 0.571. The molecule has 0 rings (SSSR count). The van der Waals surface area contributed by atoms with E-state index in [1.165, 1.54) is 6.08 Å². The van der Waals surface area contributed by atoms with E-state index < -0.39 is 5.97 Å². The van der Waals surface area contributed by atoms with Crippen LogP contribution in [0.5, 0.6) is 0 Å². The van der Waals surface area contributed by atoms with Crippen LogP contribution in [0, 0.1) is 0 Å². The van der Waals surface area contributed by atoms with Gasteiger partial charge in [-0.25, -0.2) is 4.79 Å². The Morgan fingerprint density at radius 2 is 2.30 bits per heavy atom. The van der Waals surface area contributed by atoms with Crippen molar-refractivity contribution in [3.8, 4) is 0 Å². The van der Waals surface area contributed by atoms with E-state index in [-0.39, 0.29) is 0 Å². The third-order valence-corrected chi connectivity index (χ3v) is 1.16. The Morgan fingerprint density at radius 1 is 1.70 bits per heavy atom. The number of carbonyl (C=O) groups is 1. The lowest BCUT2D eigenvalue weighted by molar-refractivity contribution is -0.131. The second-order valence-corrected chi connectivity index (χ2v) is 2.09. The van der Waals surface area contributed by atoms with Crippen LogP contribution in [0.15, 0.2) is 11.6 Å². The molecule has 3 N–H and O–H groups in total. The van der Waals surface area contributed by atoms with Crippen molar-refractivity contribution in [1.82, 2.24) is 0 Å². The summed E-state index contributed by atoms with van der Waals surface area (Å²) >= 11 is 0. The van der Waals surface area contributed by atoms with Gasteiger partial charge in [0.1, 0.15) is 0 Å². The topological polar surface area (TPSA) is 63.3 Å². The number of carboxylic acids is 1. The zero-order valence-corrected chi connectivity index (χ0v) is 6.13. The van der Waals surface area contributed by atoms with Gasteiger partial charge in [0.15, 0.2) is 0 Å². The van der Waals surface area contributed by atoms with Crippen LogP contribution in [-0.4, -0.2) is 17.6 Å². The van der Waals surface area contributed by atoms with Gasteiger partial charge < -0.3 is 10.8 Å². The molecule has 3 heteroatoms. The van der Waals surface area contributed by atoms with Crippen molar-refractivity contribution >= 4 is 5.97 Å². The average molecular weight is 143 g/mol. The maximum Gasteiger partial charge on any atom is 0.328 e. The summed E-state index contributed by atoms with van der Waals surface area (Å²) in [6.07, 6.45) is 2.91. The molecule has 0 unspecified atom stereocenters. The van der Waals surface area contributed by atoms with E-state index >= 15 is 0 Å². The molecule has 0 aromatic rings. The molecule has 0 aromatic carbocycles. The van der Waals surface area contributed by atoms with Crippen molar-refractivity contribution < 1.29 is 9.90 Å². The summed E-state index contributed by atoms with van der Waals surface area (Å²) in [6.45, 7) is 2.34. The standard InChI is InChI=1S/C7H13NO2/c1-2-3-6(5-8)4-7(9)10/h4H,2-3,5,8H2,1H3,(H,9,10)/b6-4-. The van der Waals surface area contributed by atoms with E-state index in [1.54, 1.807) is 0 Å². The van der Waals surface area contributed by atoms with E-state index in [0.29, 0.717) is 6.54 Å². The van der Waals surface area contributed by atoms with Crippen LogP contribution in [0.4, 0.5) is 0 Å². The normalized spacial score (nSPS) is 11.6. The zero-order chi connectivity index (χ0) is 7.98. The van der Waals surface area contributed by atoms with E-state index in [1.807, 2.05) is 6.92 Å². The first-order valence-corrected chi connectivity index (χ1v) is 3.33. The molecular weight excluding hydrogens is 130 g/mol. The summed E-state index contributed by atoms with van der Waals surface area (Å²) in [6, 6.07) is 0. The van der Waals surface area contributed by atoms with E-state index in [4.69, 9.17) is 10.8 Å². The van der Waals surface area contributed by atoms with Gasteiger partial charge in [0.05, 0.1) is 0 Å². The molecule has 0 aliphatic carbocycles. The Balaban J connectivity index is 3.91. The first-order chi connectivity index (χ1) is 4.70. The smallest absolute Gasteiger partial charge is 0.328 e. The monoisotopic (exact) mass is 143 g/mol. The molecule has 0 fully saturated rings. The molecule has 0 atom stereocenters. The van der Waals surface area contributed by atoms with Crippen LogP contribution < -0.4 is 5.73 Å². The van der Waals surface area contributed by atoms with Crippen LogP contribution in [0.25, 0.3) is 0 Å². The van der Waals surface area contributed by atoms with Crippen LogP contribution in [0.1, 0.15) is 19.8 Å². The fourth-order valence-corrected chi connectivity index (χ4v) is 0.729. The predicted octanol–water partition coefficient (Wildman–Crippen LogP) is 0.756. The predicted molar refractivity (Wildman–Crippen MR) is 39.7 cm³/mol. The van der Waals surface area contributed by atoms with E-state index in [2.05, 4.69) is 0 Å². The minimum absolute atomic E-state index is 0.347. The quantitative estimate of drug-likeness (QED) is 0.571. The molecule has 0 aliphatic rings. The van der Waals surface area contributed by atoms with Crippen molar-refractivity contribution in [2.24, 2.45) is 5.73 Å². The Kier molecular flexibility index (Phi) is 4.58. The molecule has 3 nitrogen and oxygen atoms in total. The van der Waals surface area contributed by atoms with Gasteiger partial charge in [-0.2, -0.15) is 0 Å². The molecule has 0 aromatic heterocycles. The Hall–Kier alpha value is -0.830. The molecule has 0 saturated carbocycles. The highest BCUT2D eigenvalue weighted by Gasteiger charge is 1.95. The largest absolute Gasteiger partial charge is 0.478 e. The van der Waals surface area contributed by atoms with Crippen LogP contribution in [0.3, 0.4) is 0 Å². The lowest BCUT2D eigenvalue weighted by Crippen LogP contribution is -2.05. The van der Waals surface area contributed by atoms with Gasteiger partial charge in [-0.1, -0.05) is 13.3 Å². The van der Waals surface area contributed by atoms with Crippen LogP contribution in [-0.2, 0) is 4.79 Å². The molecule has 0 heterocycles. The van der Waals surface area contributed by atoms with E-state index in [9.17, 15) is 4.79 Å². The minimum Gasteiger partial charge on any atom is -0.478 e. The molecule has 0 amide bonds. The summed E-state index contributed by atoms with van der Waals surface area (Å²) in [5.41, 5.74) is 6.08. The summed E-state index contributed by atoms with van der Waals surface area (Å²) in [5, 5.41) is 8.31. The van der Waals surface area contributed by atoms with Crippen molar-refractivity contribution in [1.29, 1.82) is 0 Å². The van der Waals surface area contributed by atoms with Gasteiger partial charge in [-0.05, 0) is 12.0 Å². The van der Waals surface area contributed by atoms with Crippen molar-refractivity contribution in [3.63, 3.8) is 0 Å². The molecule has 58 valence electrons. The molecule has 0 saturated heterocycles. The second-order valence-electron chi connectivity index (χ2n) is 2.09. The Morgan fingerprint density at radius 3 is 2.60 bits per heavy atom. The first kappa shape index (κ1) is 9.17. The number of hydrogen-bond donors (Lipinski definition) is 2. The maximum atomic E-state index is 10.1. The Labute approximate surface area is 60.5 Å². The van der Waals surface area contributed by atoms with Crippen molar-refractivity contribution in [2.45, 2.75) is 19.8 Å². The number of aliphatic carboxylic acids is 1. The van der Waals surface area contributed by atoms with E-state index in [0.717, 1.165) is 18.4 Å². The summed E-state index contributed by atoms with van der Waals surface area (Å²) < 4.78 is 0. The van der Waals surface area contributed by atoms with Crippen molar-refractivity contribution in [3.05, 3.63) is 11.6 Å². The summed E-state index contributed by atoms with van der Waals surface area (Å²) in [7, 11) is 0. The number of nitrogens with two attached hydrogens (primary N) is 1. The van der Waals surface area contributed by atoms with Gasteiger partial charge in [0.2, 0.25) is 0 Å². The number of hydrogen-bond acceptors (Lipinski definition) is 2. The minimum atomic E-state index is -0.908. The maximum absolute atomic E-state index is 10.1. The third-order valence-electron chi connectivity index (χ3n) is 1.16. The average Bonchev–Trinajstić information content (AvgIpc) is 1.86. The van der Waals surface area contributed by atoms with Crippen molar-refractivity contribution in [2.75, 3.05) is 6.54 Å². The second kappa shape index (κ2) is 4.99. The molecular formula is C7H13NO2. The van der Waals surface area contributed by atoms with Gasteiger partial charge in [-0.3, -0.25) is 0 Å². The molecule has 10 heavy (non-hydrogen) atoms. The zero-order valence-electron chi connectivity index (χ0n) is 6.13. The highest BCUT2D eigenvalue weighted by atomic mass is 16.4. The molecule has 0 radical (unpaired) electrons. The number of carboxylic acid groups (broad SMARTS) is 1. The first-order valence-electron chi connectivity index (χ1n) is 3.33. The van der Waals surface area contributed by atoms with Gasteiger partial charge >= 0.3 is 5.97 Å². The lowest BCUT2D eigenvalue weighted by atomic mass is 10.1. The van der Waals surface area contributed by atoms with Gasteiger partial charge in [0, 0.05) is 12.6 Å². The fourth-order valence-electron chi connectivity index (χ4n) is 0.729. The summed E-state index contributed by atoms with van der Waals surface area (Å²) in [4.78, 5) is 10.1. The van der Waals surface area contributed by atoms with Crippen LogP contribution >= 0.6 is 0 Å². The summed E-state index contributed by atoms with van der Waals surface area (Å²) in [5.74, 6) is -0.908. The number of rotatable bonds is 4. The van der Waals surface area contributed by atoms with Gasteiger partial charge in [0.25, 0.3) is 0 Å². The van der Waals surface area contributed by atoms with Gasteiger partial charge in [-0.15, -0.1) is 0 Å². The van der Waals surface area contributed by atoms with Crippen LogP contribution in [0.2, 0.25) is 0 Å². The molecule has 0 bridgehead atoms. The molecule has 0 spiro atoms. The highest BCUT2D eigenvalue weighted by molar-refractivity contribution is 5.80. The SMILES string of the molecule is CCC/C(=C/C(=O)O)CN. The third kappa shape index (κ3) is 4.09. The lowest BCUT2D eigenvalue weighted by Gasteiger charge is -1.98.